The van der Waals surface area contributed by atoms with Crippen molar-refractivity contribution in [2.75, 3.05) is 12.4 Å². The van der Waals surface area contributed by atoms with Crippen LogP contribution < -0.4 is 4.74 Å². The third kappa shape index (κ3) is 4.89. The lowest BCUT2D eigenvalue weighted by atomic mass is 10.3. The first-order valence-electron chi connectivity index (χ1n) is 7.47. The molecular weight excluding hydrogens is 381 g/mol. The summed E-state index contributed by atoms with van der Waals surface area (Å²) in [7, 11) is 0. The fourth-order valence-electron chi connectivity index (χ4n) is 2.09. The molecule has 1 heterocycles. The summed E-state index contributed by atoms with van der Waals surface area (Å²) in [6, 6.07) is 14.7. The standard InChI is InChI=1S/C17H15Cl2N3O2S/c18-12-6-7-16(15(19)8-12)24-9-14(23)10-25-17-21-20-11-22(17)13-4-2-1-3-5-13/h1-8,11,14,23H,9-10H2. The molecule has 5 nitrogen and oxygen atoms in total. The van der Waals surface area contributed by atoms with Crippen LogP contribution in [0, 0.1) is 0 Å². The van der Waals surface area contributed by atoms with Gasteiger partial charge in [0, 0.05) is 16.5 Å². The van der Waals surface area contributed by atoms with Crippen LogP contribution in [0.25, 0.3) is 5.69 Å². The average molecular weight is 396 g/mol. The summed E-state index contributed by atoms with van der Waals surface area (Å²) >= 11 is 13.3. The van der Waals surface area contributed by atoms with Gasteiger partial charge in [-0.25, -0.2) is 0 Å². The van der Waals surface area contributed by atoms with Crippen LogP contribution in [0.1, 0.15) is 0 Å². The molecule has 8 heteroatoms. The molecule has 0 amide bonds. The second-order valence-corrected chi connectivity index (χ2v) is 7.00. The molecular formula is C17H15Cl2N3O2S. The van der Waals surface area contributed by atoms with Gasteiger partial charge in [-0.3, -0.25) is 4.57 Å². The van der Waals surface area contributed by atoms with Crippen LogP contribution in [-0.4, -0.2) is 38.3 Å². The molecule has 0 aliphatic carbocycles. The SMILES string of the molecule is OC(COc1ccc(Cl)cc1Cl)CSc1nncn1-c1ccccc1. The van der Waals surface area contributed by atoms with E-state index in [-0.39, 0.29) is 6.61 Å². The second kappa shape index (κ2) is 8.58. The van der Waals surface area contributed by atoms with Crippen LogP contribution in [0.4, 0.5) is 0 Å². The van der Waals surface area contributed by atoms with Gasteiger partial charge in [0.2, 0.25) is 0 Å². The second-order valence-electron chi connectivity index (χ2n) is 5.17. The van der Waals surface area contributed by atoms with E-state index in [1.54, 1.807) is 24.5 Å². The van der Waals surface area contributed by atoms with Crippen LogP contribution >= 0.6 is 35.0 Å². The summed E-state index contributed by atoms with van der Waals surface area (Å²) < 4.78 is 7.41. The van der Waals surface area contributed by atoms with Crippen molar-refractivity contribution in [3.63, 3.8) is 0 Å². The molecule has 0 saturated heterocycles. The number of aliphatic hydroxyl groups excluding tert-OH is 1. The van der Waals surface area contributed by atoms with Crippen molar-refractivity contribution in [1.82, 2.24) is 14.8 Å². The highest BCUT2D eigenvalue weighted by Crippen LogP contribution is 2.28. The number of rotatable bonds is 7. The van der Waals surface area contributed by atoms with E-state index in [1.807, 2.05) is 34.9 Å². The highest BCUT2D eigenvalue weighted by Gasteiger charge is 2.12. The van der Waals surface area contributed by atoms with Gasteiger partial charge in [-0.1, -0.05) is 53.2 Å². The van der Waals surface area contributed by atoms with Gasteiger partial charge in [0.25, 0.3) is 0 Å². The molecule has 0 bridgehead atoms. The van der Waals surface area contributed by atoms with Crippen LogP contribution in [0.2, 0.25) is 10.0 Å². The van der Waals surface area contributed by atoms with Gasteiger partial charge in [0.1, 0.15) is 18.7 Å². The summed E-state index contributed by atoms with van der Waals surface area (Å²) in [4.78, 5) is 0. The molecule has 0 fully saturated rings. The minimum atomic E-state index is -0.683. The Labute approximate surface area is 159 Å². The minimum absolute atomic E-state index is 0.119. The Balaban J connectivity index is 1.55. The summed E-state index contributed by atoms with van der Waals surface area (Å²) in [5, 5.41) is 19.8. The van der Waals surface area contributed by atoms with Crippen molar-refractivity contribution in [2.24, 2.45) is 0 Å². The fraction of sp³-hybridized carbons (Fsp3) is 0.176. The van der Waals surface area contributed by atoms with E-state index in [4.69, 9.17) is 27.9 Å². The van der Waals surface area contributed by atoms with Crippen molar-refractivity contribution >= 4 is 35.0 Å². The quantitative estimate of drug-likeness (QED) is 0.610. The number of halogens is 2. The zero-order valence-electron chi connectivity index (χ0n) is 13.0. The van der Waals surface area contributed by atoms with E-state index in [9.17, 15) is 5.11 Å². The maximum Gasteiger partial charge on any atom is 0.195 e. The predicted octanol–water partition coefficient (Wildman–Crippen LogP) is 4.11. The van der Waals surface area contributed by atoms with E-state index in [2.05, 4.69) is 10.2 Å². The van der Waals surface area contributed by atoms with E-state index in [1.165, 1.54) is 11.8 Å². The maximum atomic E-state index is 10.1. The highest BCUT2D eigenvalue weighted by molar-refractivity contribution is 7.99. The molecule has 3 rings (SSSR count). The lowest BCUT2D eigenvalue weighted by Gasteiger charge is -2.13. The average Bonchev–Trinajstić information content (AvgIpc) is 3.08. The van der Waals surface area contributed by atoms with E-state index < -0.39 is 6.10 Å². The summed E-state index contributed by atoms with van der Waals surface area (Å²) in [5.41, 5.74) is 0.966. The predicted molar refractivity (Wildman–Crippen MR) is 100 cm³/mol. The number of hydrogen-bond donors (Lipinski definition) is 1. The number of benzene rings is 2. The van der Waals surface area contributed by atoms with Crippen molar-refractivity contribution in [1.29, 1.82) is 0 Å². The summed E-state index contributed by atoms with van der Waals surface area (Å²) in [5.74, 6) is 0.902. The van der Waals surface area contributed by atoms with Gasteiger partial charge in [-0.15, -0.1) is 10.2 Å². The van der Waals surface area contributed by atoms with Gasteiger partial charge in [-0.05, 0) is 30.3 Å². The summed E-state index contributed by atoms with van der Waals surface area (Å²) in [6.45, 7) is 0.119. The lowest BCUT2D eigenvalue weighted by Crippen LogP contribution is -2.20. The van der Waals surface area contributed by atoms with Gasteiger partial charge in [-0.2, -0.15) is 0 Å². The molecule has 130 valence electrons. The number of hydrogen-bond acceptors (Lipinski definition) is 5. The van der Waals surface area contributed by atoms with Crippen LogP contribution in [0.15, 0.2) is 60.0 Å². The molecule has 3 aromatic rings. The normalized spacial score (nSPS) is 12.1. The number of ether oxygens (including phenoxy) is 1. The first-order chi connectivity index (χ1) is 12.1. The van der Waals surface area contributed by atoms with E-state index >= 15 is 0 Å². The largest absolute Gasteiger partial charge is 0.489 e. The van der Waals surface area contributed by atoms with Gasteiger partial charge >= 0.3 is 0 Å². The molecule has 1 unspecified atom stereocenters. The van der Waals surface area contributed by atoms with Crippen LogP contribution in [-0.2, 0) is 0 Å². The van der Waals surface area contributed by atoms with E-state index in [0.29, 0.717) is 26.7 Å². The topological polar surface area (TPSA) is 60.2 Å². The number of nitrogens with zero attached hydrogens (tertiary/aromatic N) is 3. The Morgan fingerprint density at radius 3 is 2.72 bits per heavy atom. The molecule has 0 radical (unpaired) electrons. The molecule has 1 aromatic heterocycles. The first-order valence-corrected chi connectivity index (χ1v) is 9.22. The molecule has 0 spiro atoms. The number of aliphatic hydroxyl groups is 1. The Hall–Kier alpha value is -1.73. The van der Waals surface area contributed by atoms with Crippen molar-refractivity contribution in [2.45, 2.75) is 11.3 Å². The molecule has 0 aliphatic heterocycles. The van der Waals surface area contributed by atoms with Crippen molar-refractivity contribution < 1.29 is 9.84 Å². The number of aromatic nitrogens is 3. The van der Waals surface area contributed by atoms with Gasteiger partial charge < -0.3 is 9.84 Å². The third-order valence-corrected chi connectivity index (χ3v) is 4.90. The number of para-hydroxylation sites is 1. The molecule has 25 heavy (non-hydrogen) atoms. The fourth-order valence-corrected chi connectivity index (χ4v) is 3.38. The monoisotopic (exact) mass is 395 g/mol. The zero-order chi connectivity index (χ0) is 17.6. The highest BCUT2D eigenvalue weighted by atomic mass is 35.5. The smallest absolute Gasteiger partial charge is 0.195 e. The Bertz CT molecular complexity index is 830. The molecule has 0 saturated carbocycles. The summed E-state index contributed by atoms with van der Waals surface area (Å²) in [6.07, 6.45) is 0.964. The first kappa shape index (κ1) is 18.1. The van der Waals surface area contributed by atoms with Gasteiger partial charge in [0.15, 0.2) is 5.16 Å². The number of thioether (sulfide) groups is 1. The Kier molecular flexibility index (Phi) is 6.20. The Morgan fingerprint density at radius 2 is 1.96 bits per heavy atom. The molecule has 1 atom stereocenters. The van der Waals surface area contributed by atoms with Crippen LogP contribution in [0.3, 0.4) is 0 Å². The Morgan fingerprint density at radius 1 is 1.16 bits per heavy atom. The molecule has 2 aromatic carbocycles. The van der Waals surface area contributed by atoms with E-state index in [0.717, 1.165) is 5.69 Å². The maximum absolute atomic E-state index is 10.1. The van der Waals surface area contributed by atoms with Crippen molar-refractivity contribution in [3.05, 3.63) is 64.9 Å². The zero-order valence-corrected chi connectivity index (χ0v) is 15.4. The van der Waals surface area contributed by atoms with Crippen LogP contribution in [0.5, 0.6) is 5.75 Å². The molecule has 1 N–H and O–H groups in total. The third-order valence-electron chi connectivity index (χ3n) is 3.28. The lowest BCUT2D eigenvalue weighted by molar-refractivity contribution is 0.126. The molecule has 0 aliphatic rings. The van der Waals surface area contributed by atoms with Gasteiger partial charge in [0.05, 0.1) is 11.1 Å². The van der Waals surface area contributed by atoms with Crippen molar-refractivity contribution in [3.8, 4) is 11.4 Å². The minimum Gasteiger partial charge on any atom is -0.489 e.